The molecular weight excluding hydrogens is 228 g/mol. The Morgan fingerprint density at radius 1 is 1.39 bits per heavy atom. The Balaban J connectivity index is 1.86. The monoisotopic (exact) mass is 244 g/mol. The molecule has 2 heterocycles. The van der Waals surface area contributed by atoms with E-state index in [1.807, 2.05) is 12.1 Å². The van der Waals surface area contributed by atoms with Gasteiger partial charge in [0, 0.05) is 18.8 Å². The summed E-state index contributed by atoms with van der Waals surface area (Å²) in [6.07, 6.45) is 2.43. The molecule has 1 saturated heterocycles. The second-order valence-electron chi connectivity index (χ2n) is 5.02. The van der Waals surface area contributed by atoms with E-state index < -0.39 is 11.7 Å². The van der Waals surface area contributed by atoms with Gasteiger partial charge >= 0.3 is 0 Å². The van der Waals surface area contributed by atoms with Crippen molar-refractivity contribution in [2.75, 3.05) is 23.3 Å². The lowest BCUT2D eigenvalue weighted by atomic mass is 10.1. The fourth-order valence-electron chi connectivity index (χ4n) is 2.73. The molecule has 1 N–H and O–H groups in total. The molecular formula is C14H16N2O2. The molecule has 94 valence electrons. The van der Waals surface area contributed by atoms with Crippen molar-refractivity contribution in [3.63, 3.8) is 0 Å². The number of hydrogen-bond donors (Lipinski definition) is 1. The standard InChI is InChI=1S/C14H16N2O2/c1-2-9-5-6-16(8-9)10-3-4-11-12(7-10)15-14(18)13(11)17/h3-4,7,9H,2,5-6,8H2,1H3,(H,15,17,18). The summed E-state index contributed by atoms with van der Waals surface area (Å²) in [5.41, 5.74) is 2.25. The van der Waals surface area contributed by atoms with Crippen LogP contribution in [0.3, 0.4) is 0 Å². The Kier molecular flexibility index (Phi) is 2.58. The van der Waals surface area contributed by atoms with Gasteiger partial charge in [0.2, 0.25) is 0 Å². The third kappa shape index (κ3) is 1.68. The Morgan fingerprint density at radius 3 is 2.94 bits per heavy atom. The number of ketones is 1. The number of fused-ring (bicyclic) bond motifs is 1. The molecule has 2 aliphatic heterocycles. The fourth-order valence-corrected chi connectivity index (χ4v) is 2.73. The summed E-state index contributed by atoms with van der Waals surface area (Å²) in [6.45, 7) is 4.34. The molecule has 18 heavy (non-hydrogen) atoms. The Bertz CT molecular complexity index is 525. The molecule has 0 saturated carbocycles. The van der Waals surface area contributed by atoms with Gasteiger partial charge in [0.15, 0.2) is 0 Å². The maximum Gasteiger partial charge on any atom is 0.296 e. The summed E-state index contributed by atoms with van der Waals surface area (Å²) < 4.78 is 0. The molecule has 3 rings (SSSR count). The summed E-state index contributed by atoms with van der Waals surface area (Å²) in [4.78, 5) is 25.1. The summed E-state index contributed by atoms with van der Waals surface area (Å²) in [6, 6.07) is 5.61. The summed E-state index contributed by atoms with van der Waals surface area (Å²) in [7, 11) is 0. The highest BCUT2D eigenvalue weighted by Crippen LogP contribution is 2.31. The minimum atomic E-state index is -0.519. The van der Waals surface area contributed by atoms with Gasteiger partial charge in [-0.3, -0.25) is 9.59 Å². The van der Waals surface area contributed by atoms with Gasteiger partial charge < -0.3 is 10.2 Å². The highest BCUT2D eigenvalue weighted by molar-refractivity contribution is 6.51. The third-order valence-corrected chi connectivity index (χ3v) is 3.93. The SMILES string of the molecule is CCC1CCN(c2ccc3c(c2)NC(=O)C3=O)C1. The molecule has 1 fully saturated rings. The Hall–Kier alpha value is -1.84. The summed E-state index contributed by atoms with van der Waals surface area (Å²) in [5.74, 6) is -0.186. The van der Waals surface area contributed by atoms with Crippen molar-refractivity contribution in [2.24, 2.45) is 5.92 Å². The largest absolute Gasteiger partial charge is 0.371 e. The van der Waals surface area contributed by atoms with E-state index in [9.17, 15) is 9.59 Å². The number of carbonyl (C=O) groups is 2. The van der Waals surface area contributed by atoms with Crippen LogP contribution in [0.25, 0.3) is 0 Å². The van der Waals surface area contributed by atoms with Crippen molar-refractivity contribution in [3.05, 3.63) is 23.8 Å². The second-order valence-corrected chi connectivity index (χ2v) is 5.02. The molecule has 4 heteroatoms. The van der Waals surface area contributed by atoms with E-state index in [1.165, 1.54) is 12.8 Å². The number of benzene rings is 1. The maximum absolute atomic E-state index is 11.5. The number of rotatable bonds is 2. The average Bonchev–Trinajstić information content (AvgIpc) is 2.95. The Morgan fingerprint density at radius 2 is 2.22 bits per heavy atom. The van der Waals surface area contributed by atoms with Crippen LogP contribution in [0.4, 0.5) is 11.4 Å². The van der Waals surface area contributed by atoms with Crippen LogP contribution < -0.4 is 10.2 Å². The van der Waals surface area contributed by atoms with Crippen LogP contribution in [-0.2, 0) is 4.79 Å². The van der Waals surface area contributed by atoms with E-state index in [0.717, 1.165) is 24.7 Å². The molecule has 1 aromatic rings. The van der Waals surface area contributed by atoms with E-state index in [2.05, 4.69) is 17.1 Å². The maximum atomic E-state index is 11.5. The number of carbonyl (C=O) groups excluding carboxylic acids is 2. The molecule has 1 aromatic carbocycles. The van der Waals surface area contributed by atoms with Crippen LogP contribution in [0.1, 0.15) is 30.1 Å². The van der Waals surface area contributed by atoms with Gasteiger partial charge in [-0.05, 0) is 30.5 Å². The van der Waals surface area contributed by atoms with Crippen LogP contribution in [0, 0.1) is 5.92 Å². The molecule has 0 aromatic heterocycles. The van der Waals surface area contributed by atoms with Crippen molar-refractivity contribution < 1.29 is 9.59 Å². The van der Waals surface area contributed by atoms with E-state index >= 15 is 0 Å². The van der Waals surface area contributed by atoms with Gasteiger partial charge in [0.1, 0.15) is 0 Å². The number of Topliss-reactive ketones (excluding diaryl/α,β-unsaturated/α-hetero) is 1. The molecule has 0 radical (unpaired) electrons. The van der Waals surface area contributed by atoms with Gasteiger partial charge in [-0.2, -0.15) is 0 Å². The van der Waals surface area contributed by atoms with E-state index in [1.54, 1.807) is 6.07 Å². The third-order valence-electron chi connectivity index (χ3n) is 3.93. The van der Waals surface area contributed by atoms with Gasteiger partial charge in [-0.25, -0.2) is 0 Å². The number of amides is 1. The molecule has 2 aliphatic rings. The number of hydrogen-bond acceptors (Lipinski definition) is 3. The predicted molar refractivity (Wildman–Crippen MR) is 70.0 cm³/mol. The van der Waals surface area contributed by atoms with E-state index in [0.29, 0.717) is 11.3 Å². The highest BCUT2D eigenvalue weighted by Gasteiger charge is 2.29. The summed E-state index contributed by atoms with van der Waals surface area (Å²) >= 11 is 0. The lowest BCUT2D eigenvalue weighted by Gasteiger charge is -2.19. The topological polar surface area (TPSA) is 49.4 Å². The predicted octanol–water partition coefficient (Wildman–Crippen LogP) is 2.06. The van der Waals surface area contributed by atoms with Crippen LogP contribution in [0.15, 0.2) is 18.2 Å². The first-order valence-corrected chi connectivity index (χ1v) is 6.43. The lowest BCUT2D eigenvalue weighted by Crippen LogP contribution is -2.19. The average molecular weight is 244 g/mol. The molecule has 1 unspecified atom stereocenters. The molecule has 1 atom stereocenters. The van der Waals surface area contributed by atoms with Gasteiger partial charge in [-0.1, -0.05) is 13.3 Å². The van der Waals surface area contributed by atoms with Crippen molar-refractivity contribution in [1.82, 2.24) is 0 Å². The number of anilines is 2. The van der Waals surface area contributed by atoms with Gasteiger partial charge in [-0.15, -0.1) is 0 Å². The zero-order valence-corrected chi connectivity index (χ0v) is 10.4. The molecule has 0 aliphatic carbocycles. The van der Waals surface area contributed by atoms with Crippen molar-refractivity contribution >= 4 is 23.1 Å². The zero-order valence-electron chi connectivity index (χ0n) is 10.4. The lowest BCUT2D eigenvalue weighted by molar-refractivity contribution is -0.112. The van der Waals surface area contributed by atoms with Gasteiger partial charge in [0.25, 0.3) is 11.7 Å². The first kappa shape index (κ1) is 11.3. The van der Waals surface area contributed by atoms with E-state index in [-0.39, 0.29) is 0 Å². The van der Waals surface area contributed by atoms with Crippen LogP contribution in [0.2, 0.25) is 0 Å². The fraction of sp³-hybridized carbons (Fsp3) is 0.429. The van der Waals surface area contributed by atoms with Crippen molar-refractivity contribution in [3.8, 4) is 0 Å². The minimum Gasteiger partial charge on any atom is -0.371 e. The van der Waals surface area contributed by atoms with Crippen molar-refractivity contribution in [1.29, 1.82) is 0 Å². The molecule has 1 amide bonds. The number of nitrogens with zero attached hydrogens (tertiary/aromatic N) is 1. The smallest absolute Gasteiger partial charge is 0.296 e. The quantitative estimate of drug-likeness (QED) is 0.810. The van der Waals surface area contributed by atoms with Gasteiger partial charge in [0.05, 0.1) is 11.3 Å². The van der Waals surface area contributed by atoms with Crippen LogP contribution in [0.5, 0.6) is 0 Å². The van der Waals surface area contributed by atoms with Crippen LogP contribution >= 0.6 is 0 Å². The first-order chi connectivity index (χ1) is 8.69. The van der Waals surface area contributed by atoms with Crippen LogP contribution in [-0.4, -0.2) is 24.8 Å². The second kappa shape index (κ2) is 4.12. The Labute approximate surface area is 106 Å². The molecule has 0 bridgehead atoms. The number of nitrogens with one attached hydrogen (secondary N) is 1. The highest BCUT2D eigenvalue weighted by atomic mass is 16.2. The van der Waals surface area contributed by atoms with Crippen molar-refractivity contribution in [2.45, 2.75) is 19.8 Å². The summed E-state index contributed by atoms with van der Waals surface area (Å²) in [5, 5.41) is 2.62. The normalized spacial score (nSPS) is 22.3. The first-order valence-electron chi connectivity index (χ1n) is 6.43. The minimum absolute atomic E-state index is 0.426. The zero-order chi connectivity index (χ0) is 12.7. The molecule has 4 nitrogen and oxygen atoms in total. The van der Waals surface area contributed by atoms with E-state index in [4.69, 9.17) is 0 Å². The molecule has 0 spiro atoms.